The van der Waals surface area contributed by atoms with E-state index in [1.54, 1.807) is 0 Å². The number of aliphatic carboxylic acids is 1. The normalized spacial score (nSPS) is 16.6. The fourth-order valence-corrected chi connectivity index (χ4v) is 1.21. The smallest absolute Gasteiger partial charge is 0.328 e. The van der Waals surface area contributed by atoms with Gasteiger partial charge in [-0.25, -0.2) is 9.59 Å². The van der Waals surface area contributed by atoms with Crippen molar-refractivity contribution in [3.63, 3.8) is 0 Å². The van der Waals surface area contributed by atoms with Crippen molar-refractivity contribution < 1.29 is 19.5 Å². The van der Waals surface area contributed by atoms with Gasteiger partial charge in [0.2, 0.25) is 5.91 Å². The van der Waals surface area contributed by atoms with Crippen LogP contribution in [0.25, 0.3) is 0 Å². The van der Waals surface area contributed by atoms with Crippen LogP contribution in [0.3, 0.4) is 0 Å². The standard InChI is InChI=1S/C9H15N3O4/c1-9(2,7(14)15)11-8(16)12-4-3-10-6(13)5-12/h3-5H2,1-2H3,(H,10,13)(H,11,16)(H,14,15). The Morgan fingerprint density at radius 1 is 1.50 bits per heavy atom. The summed E-state index contributed by atoms with van der Waals surface area (Å²) in [5, 5.41) is 13.8. The van der Waals surface area contributed by atoms with Gasteiger partial charge in [0.05, 0.1) is 0 Å². The van der Waals surface area contributed by atoms with Crippen LogP contribution in [0.15, 0.2) is 0 Å². The Kier molecular flexibility index (Phi) is 3.36. The van der Waals surface area contributed by atoms with E-state index in [1.807, 2.05) is 0 Å². The van der Waals surface area contributed by atoms with Gasteiger partial charge in [0.1, 0.15) is 12.1 Å². The highest BCUT2D eigenvalue weighted by Crippen LogP contribution is 2.04. The lowest BCUT2D eigenvalue weighted by atomic mass is 10.1. The average molecular weight is 229 g/mol. The maximum Gasteiger partial charge on any atom is 0.328 e. The van der Waals surface area contributed by atoms with Crippen molar-refractivity contribution >= 4 is 17.9 Å². The van der Waals surface area contributed by atoms with Gasteiger partial charge in [-0.3, -0.25) is 4.79 Å². The van der Waals surface area contributed by atoms with E-state index in [0.29, 0.717) is 13.1 Å². The predicted octanol–water partition coefficient (Wildman–Crippen LogP) is -1.01. The Bertz CT molecular complexity index is 327. The zero-order valence-electron chi connectivity index (χ0n) is 9.24. The summed E-state index contributed by atoms with van der Waals surface area (Å²) in [5.41, 5.74) is -1.34. The summed E-state index contributed by atoms with van der Waals surface area (Å²) < 4.78 is 0. The van der Waals surface area contributed by atoms with E-state index in [0.717, 1.165) is 0 Å². The molecule has 0 atom stereocenters. The summed E-state index contributed by atoms with van der Waals surface area (Å²) in [6.45, 7) is 3.50. The number of hydrogen-bond donors (Lipinski definition) is 3. The van der Waals surface area contributed by atoms with E-state index >= 15 is 0 Å². The molecule has 1 aliphatic rings. The van der Waals surface area contributed by atoms with E-state index in [1.165, 1.54) is 18.7 Å². The van der Waals surface area contributed by atoms with Crippen LogP contribution < -0.4 is 10.6 Å². The van der Waals surface area contributed by atoms with Crippen LogP contribution in [0.4, 0.5) is 4.79 Å². The van der Waals surface area contributed by atoms with E-state index in [-0.39, 0.29) is 12.5 Å². The average Bonchev–Trinajstić information content (AvgIpc) is 2.16. The van der Waals surface area contributed by atoms with Crippen molar-refractivity contribution in [2.75, 3.05) is 19.6 Å². The van der Waals surface area contributed by atoms with Gasteiger partial charge in [-0.2, -0.15) is 0 Å². The van der Waals surface area contributed by atoms with E-state index in [4.69, 9.17) is 5.11 Å². The number of nitrogens with zero attached hydrogens (tertiary/aromatic N) is 1. The highest BCUT2D eigenvalue weighted by Gasteiger charge is 2.32. The number of carboxylic acid groups (broad SMARTS) is 1. The van der Waals surface area contributed by atoms with Gasteiger partial charge >= 0.3 is 12.0 Å². The second kappa shape index (κ2) is 4.38. The zero-order chi connectivity index (χ0) is 12.3. The molecule has 16 heavy (non-hydrogen) atoms. The number of rotatable bonds is 2. The maximum atomic E-state index is 11.6. The summed E-state index contributed by atoms with van der Waals surface area (Å²) in [6.07, 6.45) is 0. The van der Waals surface area contributed by atoms with Crippen molar-refractivity contribution in [2.24, 2.45) is 0 Å². The third-order valence-corrected chi connectivity index (χ3v) is 2.28. The summed E-state index contributed by atoms with van der Waals surface area (Å²) in [5.74, 6) is -1.36. The molecule has 0 saturated carbocycles. The molecule has 1 aliphatic heterocycles. The summed E-state index contributed by atoms with van der Waals surface area (Å²) in [6, 6.07) is -0.540. The van der Waals surface area contributed by atoms with Gasteiger partial charge in [0.25, 0.3) is 0 Å². The number of carboxylic acids is 1. The minimum atomic E-state index is -1.34. The van der Waals surface area contributed by atoms with Crippen LogP contribution in [-0.2, 0) is 9.59 Å². The molecule has 0 unspecified atom stereocenters. The Balaban J connectivity index is 2.58. The van der Waals surface area contributed by atoms with Crippen molar-refractivity contribution in [1.29, 1.82) is 0 Å². The molecular formula is C9H15N3O4. The second-order valence-electron chi connectivity index (χ2n) is 4.13. The van der Waals surface area contributed by atoms with Gasteiger partial charge in [-0.1, -0.05) is 0 Å². The third-order valence-electron chi connectivity index (χ3n) is 2.28. The van der Waals surface area contributed by atoms with E-state index < -0.39 is 17.5 Å². The molecule has 7 heteroatoms. The summed E-state index contributed by atoms with van der Waals surface area (Å²) in [4.78, 5) is 34.7. The number of hydrogen-bond acceptors (Lipinski definition) is 3. The van der Waals surface area contributed by atoms with Crippen LogP contribution >= 0.6 is 0 Å². The second-order valence-corrected chi connectivity index (χ2v) is 4.13. The van der Waals surface area contributed by atoms with Crippen LogP contribution in [0.1, 0.15) is 13.8 Å². The number of carbonyl (C=O) groups excluding carboxylic acids is 2. The molecule has 0 bridgehead atoms. The first kappa shape index (κ1) is 12.3. The molecule has 1 fully saturated rings. The Hall–Kier alpha value is -1.79. The number of carbonyl (C=O) groups is 3. The quantitative estimate of drug-likeness (QED) is 0.565. The number of nitrogens with one attached hydrogen (secondary N) is 2. The molecule has 0 aromatic carbocycles. The first-order valence-corrected chi connectivity index (χ1v) is 4.90. The van der Waals surface area contributed by atoms with Gasteiger partial charge < -0.3 is 20.6 Å². The van der Waals surface area contributed by atoms with Gasteiger partial charge in [-0.15, -0.1) is 0 Å². The molecule has 1 rings (SSSR count). The lowest BCUT2D eigenvalue weighted by Crippen LogP contribution is -2.58. The molecule has 90 valence electrons. The molecule has 1 heterocycles. The Morgan fingerprint density at radius 2 is 2.12 bits per heavy atom. The maximum absolute atomic E-state index is 11.6. The molecule has 7 nitrogen and oxygen atoms in total. The molecule has 0 aromatic heterocycles. The Labute approximate surface area is 92.8 Å². The van der Waals surface area contributed by atoms with Crippen molar-refractivity contribution in [1.82, 2.24) is 15.5 Å². The van der Waals surface area contributed by atoms with E-state index in [9.17, 15) is 14.4 Å². The lowest BCUT2D eigenvalue weighted by Gasteiger charge is -2.30. The number of urea groups is 1. The van der Waals surface area contributed by atoms with Crippen LogP contribution in [-0.4, -0.2) is 53.1 Å². The predicted molar refractivity (Wildman–Crippen MR) is 54.8 cm³/mol. The fourth-order valence-electron chi connectivity index (χ4n) is 1.21. The monoisotopic (exact) mass is 229 g/mol. The molecule has 0 aliphatic carbocycles. The van der Waals surface area contributed by atoms with Crippen molar-refractivity contribution in [3.8, 4) is 0 Å². The van der Waals surface area contributed by atoms with Crippen LogP contribution in [0.5, 0.6) is 0 Å². The molecule has 0 spiro atoms. The minimum Gasteiger partial charge on any atom is -0.480 e. The van der Waals surface area contributed by atoms with E-state index in [2.05, 4.69) is 10.6 Å². The third kappa shape index (κ3) is 2.85. The SMILES string of the molecule is CC(C)(NC(=O)N1CCNC(=O)C1)C(=O)O. The number of piperazine rings is 1. The fraction of sp³-hybridized carbons (Fsp3) is 0.667. The summed E-state index contributed by atoms with van der Waals surface area (Å²) in [7, 11) is 0. The first-order chi connectivity index (χ1) is 7.33. The number of amides is 3. The minimum absolute atomic E-state index is 0.0401. The largest absolute Gasteiger partial charge is 0.480 e. The molecule has 3 N–H and O–H groups in total. The van der Waals surface area contributed by atoms with Gasteiger partial charge in [0, 0.05) is 13.1 Å². The van der Waals surface area contributed by atoms with Crippen molar-refractivity contribution in [2.45, 2.75) is 19.4 Å². The van der Waals surface area contributed by atoms with Crippen molar-refractivity contribution in [3.05, 3.63) is 0 Å². The van der Waals surface area contributed by atoms with Crippen LogP contribution in [0, 0.1) is 0 Å². The first-order valence-electron chi connectivity index (χ1n) is 4.90. The molecule has 0 aromatic rings. The molecule has 0 radical (unpaired) electrons. The Morgan fingerprint density at radius 3 is 2.62 bits per heavy atom. The lowest BCUT2D eigenvalue weighted by molar-refractivity contribution is -0.143. The zero-order valence-corrected chi connectivity index (χ0v) is 9.24. The molecular weight excluding hydrogens is 214 g/mol. The highest BCUT2D eigenvalue weighted by atomic mass is 16.4. The molecule has 3 amide bonds. The molecule has 1 saturated heterocycles. The van der Waals surface area contributed by atoms with Crippen LogP contribution in [0.2, 0.25) is 0 Å². The summed E-state index contributed by atoms with van der Waals surface area (Å²) >= 11 is 0. The topological polar surface area (TPSA) is 98.7 Å². The van der Waals surface area contributed by atoms with Gasteiger partial charge in [0.15, 0.2) is 0 Å². The van der Waals surface area contributed by atoms with Gasteiger partial charge in [-0.05, 0) is 13.8 Å². The highest BCUT2D eigenvalue weighted by molar-refractivity contribution is 5.88.